The lowest BCUT2D eigenvalue weighted by Gasteiger charge is -2.00. The first-order chi connectivity index (χ1) is 7.29. The molecule has 0 aromatic carbocycles. The Kier molecular flexibility index (Phi) is 5.44. The molecular weight excluding hydrogens is 190 g/mol. The minimum absolute atomic E-state index is 0.280. The van der Waals surface area contributed by atoms with Crippen LogP contribution in [-0.4, -0.2) is 17.3 Å². The van der Waals surface area contributed by atoms with Gasteiger partial charge in [0, 0.05) is 24.8 Å². The van der Waals surface area contributed by atoms with Crippen molar-refractivity contribution in [2.75, 3.05) is 0 Å². The van der Waals surface area contributed by atoms with Crippen LogP contribution in [0.25, 0.3) is 0 Å². The molecule has 1 N–H and O–H groups in total. The van der Waals surface area contributed by atoms with Gasteiger partial charge in [0.1, 0.15) is 0 Å². The van der Waals surface area contributed by atoms with E-state index >= 15 is 0 Å². The van der Waals surface area contributed by atoms with Crippen molar-refractivity contribution in [3.63, 3.8) is 0 Å². The summed E-state index contributed by atoms with van der Waals surface area (Å²) in [6.45, 7) is 0. The lowest BCUT2D eigenvalue weighted by atomic mass is 10.1. The first-order valence-electron chi connectivity index (χ1n) is 5.39. The normalized spacial score (nSPS) is 14.8. The lowest BCUT2D eigenvalue weighted by Crippen LogP contribution is -1.93. The van der Waals surface area contributed by atoms with Crippen molar-refractivity contribution in [1.29, 1.82) is 0 Å². The van der Waals surface area contributed by atoms with Gasteiger partial charge in [-0.2, -0.15) is 0 Å². The highest BCUT2D eigenvalue weighted by molar-refractivity contribution is 5.66. The highest BCUT2D eigenvalue weighted by Gasteiger charge is 1.98. The van der Waals surface area contributed by atoms with Crippen LogP contribution in [0.1, 0.15) is 38.5 Å². The summed E-state index contributed by atoms with van der Waals surface area (Å²) in [5.74, 6) is -0.704. The van der Waals surface area contributed by atoms with Crippen LogP contribution in [0, 0.1) is 0 Å². The fourth-order valence-corrected chi connectivity index (χ4v) is 1.44. The van der Waals surface area contributed by atoms with Gasteiger partial charge in [-0.25, -0.2) is 0 Å². The van der Waals surface area contributed by atoms with Crippen molar-refractivity contribution in [2.24, 2.45) is 4.99 Å². The maximum atomic E-state index is 10.3. The van der Waals surface area contributed by atoms with E-state index in [0.717, 1.165) is 37.8 Å². The van der Waals surface area contributed by atoms with Gasteiger partial charge < -0.3 is 5.11 Å². The summed E-state index contributed by atoms with van der Waals surface area (Å²) < 4.78 is 0. The number of unbranched alkanes of at least 4 members (excludes halogenated alkanes) is 2. The summed E-state index contributed by atoms with van der Waals surface area (Å²) in [6.07, 6.45) is 12.9. The highest BCUT2D eigenvalue weighted by Crippen LogP contribution is 2.12. The van der Waals surface area contributed by atoms with E-state index in [4.69, 9.17) is 5.11 Å². The van der Waals surface area contributed by atoms with Gasteiger partial charge in [-0.15, -0.1) is 0 Å². The standard InChI is InChI=1S/C12H17NO2/c14-12(15)9-5-1-3-7-11-8-4-2-6-10-13-11/h2,4,8,10H,1,3,5-7,9H2,(H,14,15). The second kappa shape index (κ2) is 6.98. The van der Waals surface area contributed by atoms with E-state index in [9.17, 15) is 4.79 Å². The molecule has 0 bridgehead atoms. The molecular formula is C12H17NO2. The number of hydrogen-bond donors (Lipinski definition) is 1. The molecule has 0 saturated carbocycles. The van der Waals surface area contributed by atoms with Gasteiger partial charge in [-0.05, 0) is 25.3 Å². The molecule has 15 heavy (non-hydrogen) atoms. The van der Waals surface area contributed by atoms with Gasteiger partial charge in [0.05, 0.1) is 0 Å². The molecule has 3 nitrogen and oxygen atoms in total. The number of carboxylic acid groups (broad SMARTS) is 1. The van der Waals surface area contributed by atoms with Crippen LogP contribution < -0.4 is 0 Å². The van der Waals surface area contributed by atoms with Crippen LogP contribution in [0.15, 0.2) is 28.9 Å². The monoisotopic (exact) mass is 207 g/mol. The third-order valence-corrected chi connectivity index (χ3v) is 2.25. The number of rotatable bonds is 6. The Morgan fingerprint density at radius 3 is 3.07 bits per heavy atom. The third-order valence-electron chi connectivity index (χ3n) is 2.25. The molecule has 0 atom stereocenters. The van der Waals surface area contributed by atoms with Crippen molar-refractivity contribution in [3.8, 4) is 0 Å². The summed E-state index contributed by atoms with van der Waals surface area (Å²) >= 11 is 0. The summed E-state index contributed by atoms with van der Waals surface area (Å²) in [5.41, 5.74) is 1.10. The van der Waals surface area contributed by atoms with E-state index in [1.165, 1.54) is 0 Å². The number of hydrogen-bond acceptors (Lipinski definition) is 2. The molecule has 82 valence electrons. The molecule has 0 radical (unpaired) electrons. The highest BCUT2D eigenvalue weighted by atomic mass is 16.4. The molecule has 0 fully saturated rings. The summed E-state index contributed by atoms with van der Waals surface area (Å²) in [7, 11) is 0. The average molecular weight is 207 g/mol. The first kappa shape index (κ1) is 11.7. The number of aliphatic imine (C=N–C) groups is 1. The molecule has 0 spiro atoms. The molecule has 0 saturated heterocycles. The predicted octanol–water partition coefficient (Wildman–Crippen LogP) is 2.94. The van der Waals surface area contributed by atoms with E-state index in [1.54, 1.807) is 0 Å². The smallest absolute Gasteiger partial charge is 0.303 e. The SMILES string of the molecule is O=C(O)CCCCCC1=CC=CCC=N1. The Bertz CT molecular complexity index is 290. The van der Waals surface area contributed by atoms with Crippen LogP contribution in [0.3, 0.4) is 0 Å². The zero-order chi connectivity index (χ0) is 10.9. The van der Waals surface area contributed by atoms with Crippen LogP contribution in [0.4, 0.5) is 0 Å². The Morgan fingerprint density at radius 2 is 2.27 bits per heavy atom. The van der Waals surface area contributed by atoms with Crippen molar-refractivity contribution >= 4 is 12.2 Å². The van der Waals surface area contributed by atoms with Crippen molar-refractivity contribution in [2.45, 2.75) is 38.5 Å². The summed E-state index contributed by atoms with van der Waals surface area (Å²) in [6, 6.07) is 0. The lowest BCUT2D eigenvalue weighted by molar-refractivity contribution is -0.137. The number of aliphatic carboxylic acids is 1. The molecule has 0 amide bonds. The molecule has 1 aliphatic rings. The Hall–Kier alpha value is -1.38. The van der Waals surface area contributed by atoms with E-state index in [1.807, 2.05) is 18.4 Å². The van der Waals surface area contributed by atoms with E-state index < -0.39 is 5.97 Å². The number of carbonyl (C=O) groups is 1. The Balaban J connectivity index is 2.11. The number of carboxylic acids is 1. The fraction of sp³-hybridized carbons (Fsp3) is 0.500. The van der Waals surface area contributed by atoms with Crippen LogP contribution >= 0.6 is 0 Å². The zero-order valence-corrected chi connectivity index (χ0v) is 8.85. The predicted molar refractivity (Wildman–Crippen MR) is 61.1 cm³/mol. The van der Waals surface area contributed by atoms with Gasteiger partial charge in [0.25, 0.3) is 0 Å². The van der Waals surface area contributed by atoms with Crippen molar-refractivity contribution in [3.05, 3.63) is 23.9 Å². The molecule has 1 heterocycles. The molecule has 1 aliphatic heterocycles. The van der Waals surface area contributed by atoms with Gasteiger partial charge in [0.15, 0.2) is 0 Å². The third kappa shape index (κ3) is 5.83. The second-order valence-electron chi connectivity index (χ2n) is 3.59. The van der Waals surface area contributed by atoms with E-state index in [0.29, 0.717) is 0 Å². The zero-order valence-electron chi connectivity index (χ0n) is 8.85. The van der Waals surface area contributed by atoms with Crippen molar-refractivity contribution in [1.82, 2.24) is 0 Å². The molecule has 0 unspecified atom stereocenters. The average Bonchev–Trinajstić information content (AvgIpc) is 2.45. The topological polar surface area (TPSA) is 49.7 Å². The molecule has 0 aliphatic carbocycles. The maximum absolute atomic E-state index is 10.3. The van der Waals surface area contributed by atoms with E-state index in [-0.39, 0.29) is 6.42 Å². The molecule has 3 heteroatoms. The Labute approximate surface area is 90.2 Å². The fourth-order valence-electron chi connectivity index (χ4n) is 1.44. The first-order valence-corrected chi connectivity index (χ1v) is 5.39. The van der Waals surface area contributed by atoms with Crippen LogP contribution in [0.5, 0.6) is 0 Å². The van der Waals surface area contributed by atoms with Crippen LogP contribution in [0.2, 0.25) is 0 Å². The summed E-state index contributed by atoms with van der Waals surface area (Å²) in [4.78, 5) is 14.6. The van der Waals surface area contributed by atoms with Crippen molar-refractivity contribution < 1.29 is 9.90 Å². The largest absolute Gasteiger partial charge is 0.481 e. The maximum Gasteiger partial charge on any atom is 0.303 e. The Morgan fingerprint density at radius 1 is 1.40 bits per heavy atom. The van der Waals surface area contributed by atoms with Gasteiger partial charge >= 0.3 is 5.97 Å². The van der Waals surface area contributed by atoms with Gasteiger partial charge in [0.2, 0.25) is 0 Å². The number of allylic oxidation sites excluding steroid dienone is 4. The summed E-state index contributed by atoms with van der Waals surface area (Å²) in [5, 5.41) is 8.45. The van der Waals surface area contributed by atoms with E-state index in [2.05, 4.69) is 11.1 Å². The number of nitrogens with zero attached hydrogens (tertiary/aromatic N) is 1. The molecule has 0 aromatic rings. The van der Waals surface area contributed by atoms with Gasteiger partial charge in [-0.1, -0.05) is 18.6 Å². The van der Waals surface area contributed by atoms with Crippen LogP contribution in [-0.2, 0) is 4.79 Å². The molecule has 0 aromatic heterocycles. The minimum Gasteiger partial charge on any atom is -0.481 e. The molecule has 1 rings (SSSR count). The quantitative estimate of drug-likeness (QED) is 0.681. The minimum atomic E-state index is -0.704. The van der Waals surface area contributed by atoms with Gasteiger partial charge in [-0.3, -0.25) is 9.79 Å². The second-order valence-corrected chi connectivity index (χ2v) is 3.59.